The van der Waals surface area contributed by atoms with E-state index in [1.54, 1.807) is 12.1 Å². The Labute approximate surface area is 127 Å². The predicted molar refractivity (Wildman–Crippen MR) is 80.3 cm³/mol. The molecule has 1 amide bonds. The number of nitrogens with two attached hydrogens (primary N) is 1. The van der Waals surface area contributed by atoms with Crippen LogP contribution < -0.4 is 5.73 Å². The molecule has 1 aromatic carbocycles. The van der Waals surface area contributed by atoms with Crippen LogP contribution in [0.5, 0.6) is 0 Å². The Morgan fingerprint density at radius 3 is 2.30 bits per heavy atom. The third-order valence-electron chi connectivity index (χ3n) is 3.51. The summed E-state index contributed by atoms with van der Waals surface area (Å²) >= 11 is 3.32. The lowest BCUT2D eigenvalue weighted by Crippen LogP contribution is -2.42. The Kier molecular flexibility index (Phi) is 4.82. The van der Waals surface area contributed by atoms with Crippen LogP contribution in [0, 0.1) is 5.92 Å². The van der Waals surface area contributed by atoms with E-state index in [1.807, 2.05) is 12.1 Å². The van der Waals surface area contributed by atoms with Crippen molar-refractivity contribution >= 4 is 31.9 Å². The van der Waals surface area contributed by atoms with Crippen LogP contribution in [-0.2, 0) is 20.6 Å². The summed E-state index contributed by atoms with van der Waals surface area (Å²) in [5.74, 6) is -0.550. The van der Waals surface area contributed by atoms with E-state index in [2.05, 4.69) is 15.9 Å². The summed E-state index contributed by atoms with van der Waals surface area (Å²) in [6, 6.07) is 7.23. The molecule has 1 aliphatic rings. The third-order valence-corrected chi connectivity index (χ3v) is 5.89. The van der Waals surface area contributed by atoms with Crippen molar-refractivity contribution in [2.75, 3.05) is 13.1 Å². The summed E-state index contributed by atoms with van der Waals surface area (Å²) in [6.07, 6.45) is 1.02. The number of sulfonamides is 1. The first-order valence-corrected chi connectivity index (χ1v) is 8.80. The molecule has 0 aliphatic carbocycles. The standard InChI is InChI=1S/C13H17BrN2O3S/c14-12-3-1-10(2-4-12)9-20(18,19)16-7-5-11(6-8-16)13(15)17/h1-4,11H,5-9H2,(H2,15,17). The van der Waals surface area contributed by atoms with Gasteiger partial charge in [0.1, 0.15) is 0 Å². The molecule has 1 aromatic rings. The van der Waals surface area contributed by atoms with E-state index < -0.39 is 10.0 Å². The molecule has 2 rings (SSSR count). The van der Waals surface area contributed by atoms with Gasteiger partial charge in [-0.3, -0.25) is 4.79 Å². The fourth-order valence-corrected chi connectivity index (χ4v) is 4.13. The van der Waals surface area contributed by atoms with Crippen molar-refractivity contribution < 1.29 is 13.2 Å². The second-order valence-corrected chi connectivity index (χ2v) is 7.84. The van der Waals surface area contributed by atoms with E-state index in [1.165, 1.54) is 4.31 Å². The molecular weight excluding hydrogens is 344 g/mol. The number of amides is 1. The van der Waals surface area contributed by atoms with Crippen LogP contribution in [0.1, 0.15) is 18.4 Å². The topological polar surface area (TPSA) is 80.5 Å². The highest BCUT2D eigenvalue weighted by Crippen LogP contribution is 2.21. The number of primary amides is 1. The van der Waals surface area contributed by atoms with Crippen LogP contribution in [0.2, 0.25) is 0 Å². The fourth-order valence-electron chi connectivity index (χ4n) is 2.30. The summed E-state index contributed by atoms with van der Waals surface area (Å²) < 4.78 is 27.0. The van der Waals surface area contributed by atoms with Gasteiger partial charge in [-0.15, -0.1) is 0 Å². The lowest BCUT2D eigenvalue weighted by Gasteiger charge is -2.29. The maximum Gasteiger partial charge on any atom is 0.220 e. The first-order chi connectivity index (χ1) is 9.38. The van der Waals surface area contributed by atoms with E-state index >= 15 is 0 Å². The Morgan fingerprint density at radius 1 is 1.25 bits per heavy atom. The van der Waals surface area contributed by atoms with Gasteiger partial charge < -0.3 is 5.73 Å². The number of carbonyl (C=O) groups excluding carboxylic acids is 1. The zero-order valence-corrected chi connectivity index (χ0v) is 13.4. The largest absolute Gasteiger partial charge is 0.369 e. The second kappa shape index (κ2) is 6.24. The molecule has 110 valence electrons. The van der Waals surface area contributed by atoms with Crippen molar-refractivity contribution in [2.45, 2.75) is 18.6 Å². The highest BCUT2D eigenvalue weighted by atomic mass is 79.9. The van der Waals surface area contributed by atoms with Gasteiger partial charge in [0.05, 0.1) is 5.75 Å². The van der Waals surface area contributed by atoms with Crippen molar-refractivity contribution in [3.05, 3.63) is 34.3 Å². The van der Waals surface area contributed by atoms with Crippen molar-refractivity contribution in [1.29, 1.82) is 0 Å². The van der Waals surface area contributed by atoms with Gasteiger partial charge in [-0.2, -0.15) is 0 Å². The number of carbonyl (C=O) groups is 1. The molecule has 1 fully saturated rings. The minimum Gasteiger partial charge on any atom is -0.369 e. The van der Waals surface area contributed by atoms with E-state index in [-0.39, 0.29) is 17.6 Å². The SMILES string of the molecule is NC(=O)C1CCN(S(=O)(=O)Cc2ccc(Br)cc2)CC1. The Hall–Kier alpha value is -0.920. The summed E-state index contributed by atoms with van der Waals surface area (Å²) in [5.41, 5.74) is 6.00. The maximum absolute atomic E-state index is 12.3. The predicted octanol–water partition coefficient (Wildman–Crippen LogP) is 1.48. The minimum atomic E-state index is -3.33. The van der Waals surface area contributed by atoms with Gasteiger partial charge in [0.25, 0.3) is 0 Å². The Morgan fingerprint density at radius 2 is 1.80 bits per heavy atom. The van der Waals surface area contributed by atoms with Crippen molar-refractivity contribution in [3.8, 4) is 0 Å². The van der Waals surface area contributed by atoms with E-state index in [0.717, 1.165) is 10.0 Å². The molecule has 0 unspecified atom stereocenters. The maximum atomic E-state index is 12.3. The smallest absolute Gasteiger partial charge is 0.220 e. The molecule has 0 saturated carbocycles. The number of benzene rings is 1. The molecule has 0 aromatic heterocycles. The highest BCUT2D eigenvalue weighted by Gasteiger charge is 2.30. The highest BCUT2D eigenvalue weighted by molar-refractivity contribution is 9.10. The van der Waals surface area contributed by atoms with Crippen LogP contribution in [0.4, 0.5) is 0 Å². The molecule has 5 nitrogen and oxygen atoms in total. The summed E-state index contributed by atoms with van der Waals surface area (Å²) in [7, 11) is -3.33. The Balaban J connectivity index is 2.01. The van der Waals surface area contributed by atoms with Gasteiger partial charge in [0, 0.05) is 23.5 Å². The number of piperidine rings is 1. The van der Waals surface area contributed by atoms with Crippen LogP contribution in [0.25, 0.3) is 0 Å². The number of hydrogen-bond donors (Lipinski definition) is 1. The monoisotopic (exact) mass is 360 g/mol. The zero-order chi connectivity index (χ0) is 14.8. The number of nitrogens with zero attached hydrogens (tertiary/aromatic N) is 1. The molecule has 2 N–H and O–H groups in total. The van der Waals surface area contributed by atoms with Gasteiger partial charge in [-0.05, 0) is 30.5 Å². The van der Waals surface area contributed by atoms with Gasteiger partial charge in [0.2, 0.25) is 15.9 Å². The molecule has 1 aliphatic heterocycles. The first-order valence-electron chi connectivity index (χ1n) is 6.40. The minimum absolute atomic E-state index is 0.0124. The van der Waals surface area contributed by atoms with E-state index in [9.17, 15) is 13.2 Å². The molecule has 0 atom stereocenters. The molecule has 0 radical (unpaired) electrons. The lowest BCUT2D eigenvalue weighted by molar-refractivity contribution is -0.122. The van der Waals surface area contributed by atoms with Gasteiger partial charge >= 0.3 is 0 Å². The van der Waals surface area contributed by atoms with Gasteiger partial charge in [-0.25, -0.2) is 12.7 Å². The van der Waals surface area contributed by atoms with Crippen LogP contribution in [0.15, 0.2) is 28.7 Å². The molecule has 0 bridgehead atoms. The molecular formula is C13H17BrN2O3S. The Bertz CT molecular complexity index is 578. The van der Waals surface area contributed by atoms with E-state index in [0.29, 0.717) is 25.9 Å². The van der Waals surface area contributed by atoms with Gasteiger partial charge in [0.15, 0.2) is 0 Å². The van der Waals surface area contributed by atoms with Crippen molar-refractivity contribution in [2.24, 2.45) is 11.7 Å². The molecule has 0 spiro atoms. The number of hydrogen-bond acceptors (Lipinski definition) is 3. The fraction of sp³-hybridized carbons (Fsp3) is 0.462. The summed E-state index contributed by atoms with van der Waals surface area (Å²) in [6.45, 7) is 0.735. The lowest BCUT2D eigenvalue weighted by atomic mass is 9.98. The van der Waals surface area contributed by atoms with Crippen molar-refractivity contribution in [3.63, 3.8) is 0 Å². The zero-order valence-electron chi connectivity index (χ0n) is 11.0. The second-order valence-electron chi connectivity index (χ2n) is 4.96. The van der Waals surface area contributed by atoms with Crippen LogP contribution in [-0.4, -0.2) is 31.7 Å². The third kappa shape index (κ3) is 3.80. The first kappa shape index (κ1) is 15.5. The molecule has 7 heteroatoms. The van der Waals surface area contributed by atoms with Crippen LogP contribution >= 0.6 is 15.9 Å². The van der Waals surface area contributed by atoms with Gasteiger partial charge in [-0.1, -0.05) is 28.1 Å². The average Bonchev–Trinajstić information content (AvgIpc) is 2.41. The molecule has 1 saturated heterocycles. The molecule has 20 heavy (non-hydrogen) atoms. The van der Waals surface area contributed by atoms with Crippen LogP contribution in [0.3, 0.4) is 0 Å². The van der Waals surface area contributed by atoms with Crippen molar-refractivity contribution in [1.82, 2.24) is 4.31 Å². The summed E-state index contributed by atoms with van der Waals surface area (Å²) in [4.78, 5) is 11.1. The number of halogens is 1. The summed E-state index contributed by atoms with van der Waals surface area (Å²) in [5, 5.41) is 0. The number of rotatable bonds is 4. The normalized spacial score (nSPS) is 18.1. The average molecular weight is 361 g/mol. The quantitative estimate of drug-likeness (QED) is 0.882. The van der Waals surface area contributed by atoms with E-state index in [4.69, 9.17) is 5.73 Å². The molecule has 1 heterocycles.